The van der Waals surface area contributed by atoms with E-state index in [1.54, 1.807) is 6.07 Å². The second-order valence-electron chi connectivity index (χ2n) is 5.44. The van der Waals surface area contributed by atoms with Crippen LogP contribution in [0.25, 0.3) is 0 Å². The predicted octanol–water partition coefficient (Wildman–Crippen LogP) is 4.79. The number of fused-ring (bicyclic) bond motifs is 1. The number of halogens is 3. The zero-order valence-electron chi connectivity index (χ0n) is 10.9. The third-order valence-electron chi connectivity index (χ3n) is 3.89. The highest BCUT2D eigenvalue weighted by Gasteiger charge is 2.35. The van der Waals surface area contributed by atoms with Crippen molar-refractivity contribution < 1.29 is 13.2 Å². The van der Waals surface area contributed by atoms with E-state index in [9.17, 15) is 13.2 Å². The molecule has 1 N–H and O–H groups in total. The van der Waals surface area contributed by atoms with E-state index >= 15 is 0 Å². The van der Waals surface area contributed by atoms with Crippen molar-refractivity contribution in [1.29, 1.82) is 0 Å². The third-order valence-corrected chi connectivity index (χ3v) is 3.89. The molecule has 0 saturated carbocycles. The number of hydrogen-bond donors (Lipinski definition) is 1. The molecule has 1 aromatic rings. The van der Waals surface area contributed by atoms with Crippen LogP contribution in [0.2, 0.25) is 0 Å². The lowest BCUT2D eigenvalue weighted by molar-refractivity contribution is -0.137. The van der Waals surface area contributed by atoms with Gasteiger partial charge in [-0.25, -0.2) is 0 Å². The summed E-state index contributed by atoms with van der Waals surface area (Å²) < 4.78 is 38.1. The van der Waals surface area contributed by atoms with Gasteiger partial charge in [-0.2, -0.15) is 13.2 Å². The van der Waals surface area contributed by atoms with Gasteiger partial charge in [0.25, 0.3) is 0 Å². The van der Waals surface area contributed by atoms with E-state index in [1.165, 1.54) is 12.1 Å². The standard InChI is InChI=1S/C14H18F3N/c1-4-13(3)8-9(2)11-6-5-10(14(15,16)17)7-12(11)18-13/h5-7,9,18H,4,8H2,1-3H3. The highest BCUT2D eigenvalue weighted by atomic mass is 19.4. The first-order valence-electron chi connectivity index (χ1n) is 6.24. The zero-order valence-corrected chi connectivity index (χ0v) is 10.9. The van der Waals surface area contributed by atoms with Crippen LogP contribution < -0.4 is 5.32 Å². The van der Waals surface area contributed by atoms with Gasteiger partial charge in [-0.15, -0.1) is 0 Å². The Morgan fingerprint density at radius 2 is 2.06 bits per heavy atom. The maximum Gasteiger partial charge on any atom is 0.416 e. The summed E-state index contributed by atoms with van der Waals surface area (Å²) >= 11 is 0. The van der Waals surface area contributed by atoms with E-state index in [4.69, 9.17) is 0 Å². The van der Waals surface area contributed by atoms with Crippen molar-refractivity contribution in [2.45, 2.75) is 51.2 Å². The molecule has 0 saturated heterocycles. The van der Waals surface area contributed by atoms with E-state index in [2.05, 4.69) is 26.1 Å². The van der Waals surface area contributed by atoms with Crippen LogP contribution >= 0.6 is 0 Å². The van der Waals surface area contributed by atoms with E-state index < -0.39 is 11.7 Å². The topological polar surface area (TPSA) is 12.0 Å². The van der Waals surface area contributed by atoms with Crippen LogP contribution in [-0.4, -0.2) is 5.54 Å². The molecule has 1 aromatic carbocycles. The Labute approximate surface area is 105 Å². The van der Waals surface area contributed by atoms with Gasteiger partial charge in [0, 0.05) is 11.2 Å². The monoisotopic (exact) mass is 257 g/mol. The molecule has 18 heavy (non-hydrogen) atoms. The van der Waals surface area contributed by atoms with Crippen LogP contribution in [-0.2, 0) is 6.18 Å². The number of nitrogens with one attached hydrogen (secondary N) is 1. The van der Waals surface area contributed by atoms with Crippen LogP contribution in [0.1, 0.15) is 50.7 Å². The molecule has 0 fully saturated rings. The maximum absolute atomic E-state index is 12.7. The Bertz CT molecular complexity index is 453. The van der Waals surface area contributed by atoms with Gasteiger partial charge in [0.1, 0.15) is 0 Å². The molecule has 1 aliphatic heterocycles. The van der Waals surface area contributed by atoms with E-state index in [-0.39, 0.29) is 11.5 Å². The first-order valence-corrected chi connectivity index (χ1v) is 6.24. The average molecular weight is 257 g/mol. The summed E-state index contributed by atoms with van der Waals surface area (Å²) in [5.41, 5.74) is 0.916. The lowest BCUT2D eigenvalue weighted by Gasteiger charge is -2.40. The number of benzene rings is 1. The van der Waals surface area contributed by atoms with E-state index in [0.717, 1.165) is 18.4 Å². The molecule has 0 spiro atoms. The summed E-state index contributed by atoms with van der Waals surface area (Å²) in [6.07, 6.45) is -2.44. The van der Waals surface area contributed by atoms with Crippen molar-refractivity contribution in [2.75, 3.05) is 5.32 Å². The summed E-state index contributed by atoms with van der Waals surface area (Å²) in [7, 11) is 0. The number of anilines is 1. The Kier molecular flexibility index (Phi) is 3.07. The lowest BCUT2D eigenvalue weighted by Crippen LogP contribution is -2.39. The first-order chi connectivity index (χ1) is 8.25. The summed E-state index contributed by atoms with van der Waals surface area (Å²) in [5, 5.41) is 3.27. The van der Waals surface area contributed by atoms with E-state index in [1.807, 2.05) is 0 Å². The van der Waals surface area contributed by atoms with Gasteiger partial charge in [-0.05, 0) is 43.4 Å². The smallest absolute Gasteiger partial charge is 0.380 e. The quantitative estimate of drug-likeness (QED) is 0.762. The van der Waals surface area contributed by atoms with Crippen LogP contribution in [0.3, 0.4) is 0 Å². The molecule has 0 aromatic heterocycles. The Hall–Kier alpha value is -1.19. The van der Waals surface area contributed by atoms with Gasteiger partial charge in [0.2, 0.25) is 0 Å². The van der Waals surface area contributed by atoms with Crippen molar-refractivity contribution >= 4 is 5.69 Å². The Morgan fingerprint density at radius 1 is 1.39 bits per heavy atom. The fraction of sp³-hybridized carbons (Fsp3) is 0.571. The molecule has 1 nitrogen and oxygen atoms in total. The molecule has 2 unspecified atom stereocenters. The summed E-state index contributed by atoms with van der Waals surface area (Å²) in [4.78, 5) is 0. The van der Waals surface area contributed by atoms with Gasteiger partial charge in [0.05, 0.1) is 5.56 Å². The maximum atomic E-state index is 12.7. The van der Waals surface area contributed by atoms with Crippen LogP contribution in [0.4, 0.5) is 18.9 Å². The second kappa shape index (κ2) is 4.18. The largest absolute Gasteiger partial charge is 0.416 e. The zero-order chi connectivity index (χ0) is 13.6. The highest BCUT2D eigenvalue weighted by Crippen LogP contribution is 2.42. The van der Waals surface area contributed by atoms with Gasteiger partial charge in [-0.3, -0.25) is 0 Å². The second-order valence-corrected chi connectivity index (χ2v) is 5.44. The molecule has 100 valence electrons. The molecule has 2 atom stereocenters. The Balaban J connectivity index is 2.43. The molecular weight excluding hydrogens is 239 g/mol. The molecule has 0 amide bonds. The molecule has 0 radical (unpaired) electrons. The van der Waals surface area contributed by atoms with Crippen molar-refractivity contribution in [2.24, 2.45) is 0 Å². The average Bonchev–Trinajstić information content (AvgIpc) is 2.27. The molecule has 4 heteroatoms. The molecule has 2 rings (SSSR count). The fourth-order valence-corrected chi connectivity index (χ4v) is 2.67. The SMILES string of the molecule is CCC1(C)CC(C)c2ccc(C(F)(F)F)cc2N1. The Morgan fingerprint density at radius 3 is 2.61 bits per heavy atom. The fourth-order valence-electron chi connectivity index (χ4n) is 2.67. The number of alkyl halides is 3. The normalized spacial score (nSPS) is 27.6. The van der Waals surface area contributed by atoms with Gasteiger partial charge in [0.15, 0.2) is 0 Å². The predicted molar refractivity (Wildman–Crippen MR) is 66.8 cm³/mol. The van der Waals surface area contributed by atoms with Crippen molar-refractivity contribution in [3.63, 3.8) is 0 Å². The molecule has 0 bridgehead atoms. The van der Waals surface area contributed by atoms with Crippen LogP contribution in [0.5, 0.6) is 0 Å². The molecule has 1 heterocycles. The van der Waals surface area contributed by atoms with Gasteiger partial charge in [-0.1, -0.05) is 19.9 Å². The van der Waals surface area contributed by atoms with Gasteiger partial charge >= 0.3 is 6.18 Å². The lowest BCUT2D eigenvalue weighted by atomic mass is 9.79. The summed E-state index contributed by atoms with van der Waals surface area (Å²) in [6.45, 7) is 6.19. The van der Waals surface area contributed by atoms with Crippen molar-refractivity contribution in [3.8, 4) is 0 Å². The van der Waals surface area contributed by atoms with Gasteiger partial charge < -0.3 is 5.32 Å². The summed E-state index contributed by atoms with van der Waals surface area (Å²) in [5.74, 6) is 0.286. The number of rotatable bonds is 1. The first kappa shape index (κ1) is 13.2. The molecule has 0 aliphatic carbocycles. The summed E-state index contributed by atoms with van der Waals surface area (Å²) in [6, 6.07) is 4.01. The van der Waals surface area contributed by atoms with Crippen LogP contribution in [0.15, 0.2) is 18.2 Å². The van der Waals surface area contributed by atoms with Crippen molar-refractivity contribution in [3.05, 3.63) is 29.3 Å². The molecular formula is C14H18F3N. The minimum Gasteiger partial charge on any atom is -0.380 e. The van der Waals surface area contributed by atoms with E-state index in [0.29, 0.717) is 5.69 Å². The number of hydrogen-bond acceptors (Lipinski definition) is 1. The van der Waals surface area contributed by atoms with Crippen LogP contribution in [0, 0.1) is 0 Å². The molecule has 1 aliphatic rings. The highest BCUT2D eigenvalue weighted by molar-refractivity contribution is 5.59. The minimum absolute atomic E-state index is 0.114. The van der Waals surface area contributed by atoms with Crippen molar-refractivity contribution in [1.82, 2.24) is 0 Å². The third kappa shape index (κ3) is 2.33. The minimum atomic E-state index is -4.28.